The Morgan fingerprint density at radius 2 is 1.79 bits per heavy atom. The fourth-order valence-corrected chi connectivity index (χ4v) is 1.01. The molecule has 0 aromatic heterocycles. The summed E-state index contributed by atoms with van der Waals surface area (Å²) in [6, 6.07) is 0. The molecule has 84 valence electrons. The van der Waals surface area contributed by atoms with Crippen LogP contribution in [0, 0.1) is 0 Å². The van der Waals surface area contributed by atoms with Crippen molar-refractivity contribution in [3.8, 4) is 0 Å². The zero-order valence-electron chi connectivity index (χ0n) is 7.84. The summed E-state index contributed by atoms with van der Waals surface area (Å²) >= 11 is 1.69. The topological polar surface area (TPSA) is 121 Å². The Morgan fingerprint density at radius 1 is 1.36 bits per heavy atom. The predicted octanol–water partition coefficient (Wildman–Crippen LogP) is -0.785. The number of nitrogens with two attached hydrogens (primary N) is 1. The summed E-state index contributed by atoms with van der Waals surface area (Å²) in [5, 5.41) is 23.5. The molecule has 0 radical (unpaired) electrons. The van der Waals surface area contributed by atoms with Gasteiger partial charge < -0.3 is 21.1 Å². The lowest BCUT2D eigenvalue weighted by Gasteiger charge is -2.00. The summed E-state index contributed by atoms with van der Waals surface area (Å²) in [5.41, 5.74) is 5.21. The minimum atomic E-state index is -1.82. The van der Waals surface area contributed by atoms with E-state index in [1.165, 1.54) is 0 Å². The van der Waals surface area contributed by atoms with Crippen molar-refractivity contribution in [3.63, 3.8) is 0 Å². The van der Waals surface area contributed by atoms with E-state index in [1.807, 2.05) is 0 Å². The Morgan fingerprint density at radius 3 is 2.00 bits per heavy atom. The summed E-state index contributed by atoms with van der Waals surface area (Å²) in [5.74, 6) is -1.90. The smallest absolute Gasteiger partial charge is 0.414 e. The number of aliphatic carboxylic acids is 2. The molecular formula is C7H15NO5S. The van der Waals surface area contributed by atoms with Crippen molar-refractivity contribution < 1.29 is 24.9 Å². The zero-order chi connectivity index (χ0) is 11.6. The monoisotopic (exact) mass is 225 g/mol. The van der Waals surface area contributed by atoms with E-state index in [9.17, 15) is 0 Å². The largest absolute Gasteiger partial charge is 0.473 e. The van der Waals surface area contributed by atoms with Crippen LogP contribution >= 0.6 is 11.8 Å². The average Bonchev–Trinajstić information content (AvgIpc) is 2.05. The van der Waals surface area contributed by atoms with E-state index >= 15 is 0 Å². The number of hydrogen-bond acceptors (Lipinski definition) is 5. The molecule has 1 atom stereocenters. The Bertz CT molecular complexity index is 161. The lowest BCUT2D eigenvalue weighted by Crippen LogP contribution is -2.09. The third kappa shape index (κ3) is 17.3. The highest BCUT2D eigenvalue weighted by molar-refractivity contribution is 7.99. The fourth-order valence-electron chi connectivity index (χ4n) is 0.337. The molecule has 5 N–H and O–H groups in total. The van der Waals surface area contributed by atoms with Crippen LogP contribution in [-0.2, 0) is 9.59 Å². The molecule has 0 aliphatic carbocycles. The number of carboxylic acid groups (broad SMARTS) is 2. The van der Waals surface area contributed by atoms with Gasteiger partial charge in [0.05, 0.1) is 6.10 Å². The molecule has 0 fully saturated rings. The van der Waals surface area contributed by atoms with Gasteiger partial charge in [0.1, 0.15) is 0 Å². The van der Waals surface area contributed by atoms with Gasteiger partial charge in [-0.3, -0.25) is 0 Å². The molecule has 0 saturated heterocycles. The predicted molar refractivity (Wildman–Crippen MR) is 53.3 cm³/mol. The van der Waals surface area contributed by atoms with Crippen molar-refractivity contribution in [1.29, 1.82) is 0 Å². The molecule has 6 nitrogen and oxygen atoms in total. The second-order valence-electron chi connectivity index (χ2n) is 2.32. The van der Waals surface area contributed by atoms with E-state index in [1.54, 1.807) is 18.7 Å². The lowest BCUT2D eigenvalue weighted by atomic mass is 10.5. The Kier molecular flexibility index (Phi) is 11.5. The van der Waals surface area contributed by atoms with Crippen LogP contribution in [0.15, 0.2) is 0 Å². The molecule has 0 saturated carbocycles. The third-order valence-electron chi connectivity index (χ3n) is 0.804. The molecule has 0 aliphatic rings. The summed E-state index contributed by atoms with van der Waals surface area (Å²) < 4.78 is 0. The van der Waals surface area contributed by atoms with Crippen molar-refractivity contribution >= 4 is 23.7 Å². The number of rotatable bonds is 4. The first-order valence-electron chi connectivity index (χ1n) is 3.83. The number of carbonyl (C=O) groups is 2. The third-order valence-corrected chi connectivity index (χ3v) is 2.05. The van der Waals surface area contributed by atoms with Crippen LogP contribution in [0.1, 0.15) is 6.92 Å². The zero-order valence-corrected chi connectivity index (χ0v) is 8.66. The fraction of sp³-hybridized carbons (Fsp3) is 0.714. The van der Waals surface area contributed by atoms with Crippen LogP contribution in [0.4, 0.5) is 0 Å². The first-order chi connectivity index (χ1) is 6.41. The van der Waals surface area contributed by atoms with Crippen LogP contribution in [0.5, 0.6) is 0 Å². The number of carboxylic acids is 2. The molecule has 14 heavy (non-hydrogen) atoms. The maximum absolute atomic E-state index is 9.10. The molecule has 0 aromatic carbocycles. The van der Waals surface area contributed by atoms with Gasteiger partial charge >= 0.3 is 11.9 Å². The van der Waals surface area contributed by atoms with Gasteiger partial charge in [0.25, 0.3) is 0 Å². The minimum absolute atomic E-state index is 0.188. The highest BCUT2D eigenvalue weighted by Gasteiger charge is 2.04. The molecule has 0 amide bonds. The summed E-state index contributed by atoms with van der Waals surface area (Å²) in [6.07, 6.45) is -0.188. The van der Waals surface area contributed by atoms with Crippen LogP contribution in [0.3, 0.4) is 0 Å². The van der Waals surface area contributed by atoms with Crippen LogP contribution in [0.25, 0.3) is 0 Å². The van der Waals surface area contributed by atoms with Crippen LogP contribution in [0.2, 0.25) is 0 Å². The summed E-state index contributed by atoms with van der Waals surface area (Å²) in [7, 11) is 0. The van der Waals surface area contributed by atoms with Gasteiger partial charge in [0, 0.05) is 18.1 Å². The maximum atomic E-state index is 9.10. The minimum Gasteiger partial charge on any atom is -0.473 e. The van der Waals surface area contributed by atoms with Crippen molar-refractivity contribution in [2.45, 2.75) is 13.0 Å². The highest BCUT2D eigenvalue weighted by atomic mass is 32.2. The number of aliphatic hydroxyl groups is 1. The Labute approximate surface area is 86.1 Å². The average molecular weight is 225 g/mol. The molecule has 0 aliphatic heterocycles. The van der Waals surface area contributed by atoms with Crippen molar-refractivity contribution in [1.82, 2.24) is 0 Å². The van der Waals surface area contributed by atoms with Crippen molar-refractivity contribution in [3.05, 3.63) is 0 Å². The summed E-state index contributed by atoms with van der Waals surface area (Å²) in [4.78, 5) is 18.2. The van der Waals surface area contributed by atoms with E-state index in [2.05, 4.69) is 0 Å². The first kappa shape index (κ1) is 15.7. The van der Waals surface area contributed by atoms with E-state index < -0.39 is 11.9 Å². The molecule has 0 spiro atoms. The molecular weight excluding hydrogens is 210 g/mol. The number of aliphatic hydroxyl groups excluding tert-OH is 1. The molecule has 7 heteroatoms. The molecule has 0 bridgehead atoms. The SMILES string of the molecule is CC(O)CSCCN.O=C(O)C(=O)O. The van der Waals surface area contributed by atoms with E-state index in [-0.39, 0.29) is 6.10 Å². The van der Waals surface area contributed by atoms with Crippen molar-refractivity contribution in [2.24, 2.45) is 5.73 Å². The molecule has 0 heterocycles. The van der Waals surface area contributed by atoms with Gasteiger partial charge in [-0.25, -0.2) is 9.59 Å². The maximum Gasteiger partial charge on any atom is 0.414 e. The standard InChI is InChI=1S/C5H13NOS.C2H2O4/c1-5(7)4-8-3-2-6;3-1(4)2(5)6/h5,7H,2-4,6H2,1H3;(H,3,4)(H,5,6). The Balaban J connectivity index is 0. The summed E-state index contributed by atoms with van der Waals surface area (Å²) in [6.45, 7) is 2.49. The lowest BCUT2D eigenvalue weighted by molar-refractivity contribution is -0.159. The van der Waals surface area contributed by atoms with Gasteiger partial charge in [-0.2, -0.15) is 11.8 Å². The van der Waals surface area contributed by atoms with Gasteiger partial charge in [-0.1, -0.05) is 0 Å². The van der Waals surface area contributed by atoms with E-state index in [0.29, 0.717) is 6.54 Å². The van der Waals surface area contributed by atoms with Crippen LogP contribution in [-0.4, -0.2) is 51.4 Å². The highest BCUT2D eigenvalue weighted by Crippen LogP contribution is 1.99. The second-order valence-corrected chi connectivity index (χ2v) is 3.47. The van der Waals surface area contributed by atoms with Gasteiger partial charge in [0.15, 0.2) is 0 Å². The second kappa shape index (κ2) is 10.3. The molecule has 0 aromatic rings. The van der Waals surface area contributed by atoms with E-state index in [0.717, 1.165) is 11.5 Å². The quantitative estimate of drug-likeness (QED) is 0.365. The first-order valence-corrected chi connectivity index (χ1v) is 4.99. The number of thioether (sulfide) groups is 1. The van der Waals surface area contributed by atoms with Gasteiger partial charge in [0.2, 0.25) is 0 Å². The van der Waals surface area contributed by atoms with E-state index in [4.69, 9.17) is 30.6 Å². The molecule has 1 unspecified atom stereocenters. The van der Waals surface area contributed by atoms with Crippen LogP contribution < -0.4 is 5.73 Å². The van der Waals surface area contributed by atoms with Gasteiger partial charge in [-0.05, 0) is 6.92 Å². The molecule has 0 rings (SSSR count). The Hall–Kier alpha value is -0.790. The van der Waals surface area contributed by atoms with Gasteiger partial charge in [-0.15, -0.1) is 0 Å². The van der Waals surface area contributed by atoms with Crippen molar-refractivity contribution in [2.75, 3.05) is 18.1 Å². The normalized spacial score (nSPS) is 11.1. The number of hydrogen-bond donors (Lipinski definition) is 4.